The molecule has 1 N–H and O–H groups in total. The first kappa shape index (κ1) is 14.6. The molecular weight excluding hydrogens is 279 g/mol. The maximum Gasteiger partial charge on any atom is 0.251 e. The number of hydrogen-bond acceptors (Lipinski definition) is 2. The molecule has 1 amide bonds. The summed E-state index contributed by atoms with van der Waals surface area (Å²) < 4.78 is 12.9. The van der Waals surface area contributed by atoms with E-state index < -0.39 is 0 Å². The molecule has 1 saturated heterocycles. The van der Waals surface area contributed by atoms with E-state index in [2.05, 4.69) is 22.3 Å². The Morgan fingerprint density at radius 2 is 1.64 bits per heavy atom. The van der Waals surface area contributed by atoms with E-state index in [1.165, 1.54) is 30.0 Å². The number of nitrogens with one attached hydrogen (secondary N) is 1. The lowest BCUT2D eigenvalue weighted by Crippen LogP contribution is -2.44. The van der Waals surface area contributed by atoms with Gasteiger partial charge in [-0.25, -0.2) is 4.39 Å². The fourth-order valence-electron chi connectivity index (χ4n) is 2.79. The van der Waals surface area contributed by atoms with Crippen molar-refractivity contribution in [1.82, 2.24) is 5.32 Å². The van der Waals surface area contributed by atoms with E-state index in [0.29, 0.717) is 5.56 Å². The Labute approximate surface area is 129 Å². The molecule has 2 aromatic carbocycles. The van der Waals surface area contributed by atoms with Crippen molar-refractivity contribution >= 4 is 11.6 Å². The van der Waals surface area contributed by atoms with E-state index >= 15 is 0 Å². The van der Waals surface area contributed by atoms with Gasteiger partial charge in [0.05, 0.1) is 0 Å². The molecule has 0 bridgehead atoms. The minimum absolute atomic E-state index is 0.127. The van der Waals surface area contributed by atoms with Gasteiger partial charge in [-0.2, -0.15) is 0 Å². The second-order valence-electron chi connectivity index (χ2n) is 5.58. The maximum absolute atomic E-state index is 12.9. The lowest BCUT2D eigenvalue weighted by atomic mass is 10.0. The molecule has 0 aromatic heterocycles. The summed E-state index contributed by atoms with van der Waals surface area (Å²) in [6, 6.07) is 16.1. The van der Waals surface area contributed by atoms with Crippen molar-refractivity contribution in [2.45, 2.75) is 18.9 Å². The average molecular weight is 298 g/mol. The summed E-state index contributed by atoms with van der Waals surface area (Å²) in [4.78, 5) is 14.5. The Kier molecular flexibility index (Phi) is 4.37. The van der Waals surface area contributed by atoms with Gasteiger partial charge in [-0.05, 0) is 49.2 Å². The molecular formula is C18H19FN2O. The molecule has 1 aliphatic heterocycles. The molecule has 0 radical (unpaired) electrons. The van der Waals surface area contributed by atoms with E-state index in [0.717, 1.165) is 25.9 Å². The smallest absolute Gasteiger partial charge is 0.251 e. The van der Waals surface area contributed by atoms with E-state index in [4.69, 9.17) is 0 Å². The third-order valence-corrected chi connectivity index (χ3v) is 4.06. The topological polar surface area (TPSA) is 32.3 Å². The zero-order valence-electron chi connectivity index (χ0n) is 12.3. The van der Waals surface area contributed by atoms with Crippen molar-refractivity contribution in [2.24, 2.45) is 0 Å². The number of para-hydroxylation sites is 1. The van der Waals surface area contributed by atoms with Crippen LogP contribution in [0.4, 0.5) is 10.1 Å². The minimum Gasteiger partial charge on any atom is -0.371 e. The van der Waals surface area contributed by atoms with Gasteiger partial charge in [-0.1, -0.05) is 18.2 Å². The van der Waals surface area contributed by atoms with E-state index in [1.807, 2.05) is 18.2 Å². The van der Waals surface area contributed by atoms with Crippen LogP contribution < -0.4 is 10.2 Å². The number of benzene rings is 2. The van der Waals surface area contributed by atoms with E-state index in [-0.39, 0.29) is 17.8 Å². The molecule has 2 aromatic rings. The van der Waals surface area contributed by atoms with Crippen molar-refractivity contribution in [3.05, 3.63) is 66.0 Å². The first-order chi connectivity index (χ1) is 10.7. The summed E-state index contributed by atoms with van der Waals surface area (Å²) in [6.45, 7) is 1.86. The second kappa shape index (κ2) is 6.60. The Morgan fingerprint density at radius 3 is 2.27 bits per heavy atom. The standard InChI is InChI=1S/C18H19FN2O/c19-15-8-6-14(7-9-15)18(22)20-16-10-12-21(13-11-16)17-4-2-1-3-5-17/h1-9,16H,10-13H2,(H,20,22). The fraction of sp³-hybridized carbons (Fsp3) is 0.278. The fourth-order valence-corrected chi connectivity index (χ4v) is 2.79. The highest BCUT2D eigenvalue weighted by Crippen LogP contribution is 2.19. The molecule has 3 rings (SSSR count). The van der Waals surface area contributed by atoms with Crippen LogP contribution in [0.2, 0.25) is 0 Å². The molecule has 0 saturated carbocycles. The summed E-state index contributed by atoms with van der Waals surface area (Å²) in [5.74, 6) is -0.453. The number of anilines is 1. The van der Waals surface area contributed by atoms with Crippen LogP contribution in [-0.2, 0) is 0 Å². The number of nitrogens with zero attached hydrogens (tertiary/aromatic N) is 1. The molecule has 0 unspecified atom stereocenters. The molecule has 22 heavy (non-hydrogen) atoms. The van der Waals surface area contributed by atoms with Gasteiger partial charge >= 0.3 is 0 Å². The van der Waals surface area contributed by atoms with Gasteiger partial charge in [0.2, 0.25) is 0 Å². The molecule has 1 aliphatic rings. The predicted octanol–water partition coefficient (Wildman–Crippen LogP) is 3.22. The largest absolute Gasteiger partial charge is 0.371 e. The third kappa shape index (κ3) is 3.45. The van der Waals surface area contributed by atoms with Crippen LogP contribution in [0.3, 0.4) is 0 Å². The Hall–Kier alpha value is -2.36. The second-order valence-corrected chi connectivity index (χ2v) is 5.58. The highest BCUT2D eigenvalue weighted by atomic mass is 19.1. The molecule has 114 valence electrons. The number of rotatable bonds is 3. The number of carbonyl (C=O) groups is 1. The lowest BCUT2D eigenvalue weighted by molar-refractivity contribution is 0.0931. The molecule has 1 heterocycles. The van der Waals surface area contributed by atoms with Crippen molar-refractivity contribution in [2.75, 3.05) is 18.0 Å². The van der Waals surface area contributed by atoms with Crippen LogP contribution in [-0.4, -0.2) is 25.0 Å². The van der Waals surface area contributed by atoms with Crippen LogP contribution in [0, 0.1) is 5.82 Å². The van der Waals surface area contributed by atoms with Gasteiger partial charge in [0, 0.05) is 30.4 Å². The van der Waals surface area contributed by atoms with Gasteiger partial charge in [-0.15, -0.1) is 0 Å². The molecule has 3 nitrogen and oxygen atoms in total. The monoisotopic (exact) mass is 298 g/mol. The number of carbonyl (C=O) groups excluding carboxylic acids is 1. The van der Waals surface area contributed by atoms with Gasteiger partial charge < -0.3 is 10.2 Å². The normalized spacial score (nSPS) is 15.6. The van der Waals surface area contributed by atoms with Gasteiger partial charge in [0.25, 0.3) is 5.91 Å². The zero-order valence-corrected chi connectivity index (χ0v) is 12.3. The quantitative estimate of drug-likeness (QED) is 0.943. The van der Waals surface area contributed by atoms with Crippen LogP contribution in [0.5, 0.6) is 0 Å². The van der Waals surface area contributed by atoms with Crippen molar-refractivity contribution in [3.8, 4) is 0 Å². The Bertz CT molecular complexity index is 619. The summed E-state index contributed by atoms with van der Waals surface area (Å²) in [5.41, 5.74) is 1.73. The number of hydrogen-bond donors (Lipinski definition) is 1. The first-order valence-electron chi connectivity index (χ1n) is 7.59. The molecule has 0 spiro atoms. The van der Waals surface area contributed by atoms with Crippen molar-refractivity contribution in [3.63, 3.8) is 0 Å². The average Bonchev–Trinajstić information content (AvgIpc) is 2.57. The van der Waals surface area contributed by atoms with Crippen LogP contribution in [0.1, 0.15) is 23.2 Å². The molecule has 1 fully saturated rings. The van der Waals surface area contributed by atoms with Crippen LogP contribution in [0.15, 0.2) is 54.6 Å². The SMILES string of the molecule is O=C(NC1CCN(c2ccccc2)CC1)c1ccc(F)cc1. The zero-order chi connectivity index (χ0) is 15.4. The highest BCUT2D eigenvalue weighted by molar-refractivity contribution is 5.94. The maximum atomic E-state index is 12.9. The van der Waals surface area contributed by atoms with E-state index in [9.17, 15) is 9.18 Å². The van der Waals surface area contributed by atoms with Gasteiger partial charge in [0.15, 0.2) is 0 Å². The van der Waals surface area contributed by atoms with Crippen LogP contribution in [0.25, 0.3) is 0 Å². The lowest BCUT2D eigenvalue weighted by Gasteiger charge is -2.34. The Balaban J connectivity index is 1.53. The Morgan fingerprint density at radius 1 is 1.00 bits per heavy atom. The summed E-state index contributed by atoms with van der Waals surface area (Å²) in [7, 11) is 0. The first-order valence-corrected chi connectivity index (χ1v) is 7.59. The number of amides is 1. The summed E-state index contributed by atoms with van der Waals surface area (Å²) in [6.07, 6.45) is 1.84. The third-order valence-electron chi connectivity index (χ3n) is 4.06. The summed E-state index contributed by atoms with van der Waals surface area (Å²) in [5, 5.41) is 3.04. The highest BCUT2D eigenvalue weighted by Gasteiger charge is 2.21. The minimum atomic E-state index is -0.326. The van der Waals surface area contributed by atoms with Gasteiger partial charge in [-0.3, -0.25) is 4.79 Å². The number of piperidine rings is 1. The van der Waals surface area contributed by atoms with Crippen LogP contribution >= 0.6 is 0 Å². The van der Waals surface area contributed by atoms with Gasteiger partial charge in [0.1, 0.15) is 5.82 Å². The van der Waals surface area contributed by atoms with Crippen molar-refractivity contribution in [1.29, 1.82) is 0 Å². The number of halogens is 1. The predicted molar refractivity (Wildman–Crippen MR) is 85.5 cm³/mol. The summed E-state index contributed by atoms with van der Waals surface area (Å²) >= 11 is 0. The molecule has 0 aliphatic carbocycles. The van der Waals surface area contributed by atoms with E-state index in [1.54, 1.807) is 0 Å². The molecule has 0 atom stereocenters. The van der Waals surface area contributed by atoms with Crippen molar-refractivity contribution < 1.29 is 9.18 Å². The molecule has 4 heteroatoms.